The summed E-state index contributed by atoms with van der Waals surface area (Å²) in [5, 5.41) is 0. The molecule has 0 fully saturated rings. The normalized spacial score (nSPS) is 12.3. The topological polar surface area (TPSA) is 26.3 Å². The highest BCUT2D eigenvalue weighted by atomic mass is 16.5. The lowest BCUT2D eigenvalue weighted by Gasteiger charge is -2.16. The first-order valence-electron chi connectivity index (χ1n) is 5.64. The third kappa shape index (κ3) is 3.37. The van der Waals surface area contributed by atoms with Crippen LogP contribution < -0.4 is 0 Å². The SMILES string of the molecule is CC(=O)OC(C)Cc1c(C)cc(C)cc1C. The van der Waals surface area contributed by atoms with Crippen molar-refractivity contribution in [1.82, 2.24) is 0 Å². The van der Waals surface area contributed by atoms with Gasteiger partial charge in [0.1, 0.15) is 6.10 Å². The van der Waals surface area contributed by atoms with Crippen molar-refractivity contribution in [2.24, 2.45) is 0 Å². The quantitative estimate of drug-likeness (QED) is 0.732. The van der Waals surface area contributed by atoms with E-state index in [-0.39, 0.29) is 12.1 Å². The number of ether oxygens (including phenoxy) is 1. The second kappa shape index (κ2) is 5.15. The van der Waals surface area contributed by atoms with Gasteiger partial charge < -0.3 is 4.74 Å². The molecule has 0 saturated heterocycles. The van der Waals surface area contributed by atoms with Gasteiger partial charge >= 0.3 is 5.97 Å². The second-order valence-electron chi connectivity index (χ2n) is 4.50. The molecule has 0 radical (unpaired) electrons. The van der Waals surface area contributed by atoms with Crippen LogP contribution in [0.25, 0.3) is 0 Å². The van der Waals surface area contributed by atoms with E-state index in [1.807, 2.05) is 6.92 Å². The smallest absolute Gasteiger partial charge is 0.302 e. The molecule has 0 amide bonds. The minimum absolute atomic E-state index is 0.0578. The van der Waals surface area contributed by atoms with Gasteiger partial charge in [-0.2, -0.15) is 0 Å². The van der Waals surface area contributed by atoms with E-state index in [4.69, 9.17) is 4.74 Å². The molecule has 16 heavy (non-hydrogen) atoms. The standard InChI is InChI=1S/C14H20O2/c1-9-6-10(2)14(11(3)7-9)8-12(4)16-13(5)15/h6-7,12H,8H2,1-5H3. The summed E-state index contributed by atoms with van der Waals surface area (Å²) < 4.78 is 5.16. The Kier molecular flexibility index (Phi) is 4.11. The molecule has 1 aromatic carbocycles. The average molecular weight is 220 g/mol. The highest BCUT2D eigenvalue weighted by molar-refractivity contribution is 5.66. The fraction of sp³-hybridized carbons (Fsp3) is 0.500. The zero-order valence-electron chi connectivity index (χ0n) is 10.8. The summed E-state index contributed by atoms with van der Waals surface area (Å²) in [5.74, 6) is -0.213. The summed E-state index contributed by atoms with van der Waals surface area (Å²) in [4.78, 5) is 10.8. The molecule has 0 aliphatic carbocycles. The number of carbonyl (C=O) groups excluding carboxylic acids is 1. The molecular formula is C14H20O2. The molecular weight excluding hydrogens is 200 g/mol. The van der Waals surface area contributed by atoms with Gasteiger partial charge in [0, 0.05) is 13.3 Å². The van der Waals surface area contributed by atoms with Crippen LogP contribution in [0.5, 0.6) is 0 Å². The molecule has 1 atom stereocenters. The predicted molar refractivity (Wildman–Crippen MR) is 65.6 cm³/mol. The lowest BCUT2D eigenvalue weighted by atomic mass is 9.96. The number of hydrogen-bond acceptors (Lipinski definition) is 2. The van der Waals surface area contributed by atoms with Gasteiger partial charge in [-0.15, -0.1) is 0 Å². The van der Waals surface area contributed by atoms with Gasteiger partial charge in [-0.25, -0.2) is 0 Å². The first-order chi connectivity index (χ1) is 7.40. The highest BCUT2D eigenvalue weighted by Crippen LogP contribution is 2.18. The van der Waals surface area contributed by atoms with Crippen molar-refractivity contribution < 1.29 is 9.53 Å². The Balaban J connectivity index is 2.85. The molecule has 0 aliphatic heterocycles. The fourth-order valence-corrected chi connectivity index (χ4v) is 2.14. The second-order valence-corrected chi connectivity index (χ2v) is 4.50. The molecule has 2 heteroatoms. The van der Waals surface area contributed by atoms with Crippen molar-refractivity contribution in [2.75, 3.05) is 0 Å². The fourth-order valence-electron chi connectivity index (χ4n) is 2.14. The minimum Gasteiger partial charge on any atom is -0.463 e. The van der Waals surface area contributed by atoms with Gasteiger partial charge in [0.05, 0.1) is 0 Å². The van der Waals surface area contributed by atoms with E-state index >= 15 is 0 Å². The van der Waals surface area contributed by atoms with E-state index in [0.717, 1.165) is 6.42 Å². The number of carbonyl (C=O) groups is 1. The Morgan fingerprint density at radius 1 is 1.25 bits per heavy atom. The van der Waals surface area contributed by atoms with Gasteiger partial charge in [-0.1, -0.05) is 17.7 Å². The maximum atomic E-state index is 10.8. The first kappa shape index (κ1) is 12.8. The molecule has 0 spiro atoms. The van der Waals surface area contributed by atoms with Crippen molar-refractivity contribution >= 4 is 5.97 Å². The van der Waals surface area contributed by atoms with Crippen molar-refractivity contribution in [3.63, 3.8) is 0 Å². The molecule has 1 rings (SSSR count). The molecule has 0 heterocycles. The van der Waals surface area contributed by atoms with Crippen LogP contribution in [0, 0.1) is 20.8 Å². The largest absolute Gasteiger partial charge is 0.463 e. The Morgan fingerprint density at radius 3 is 2.19 bits per heavy atom. The maximum absolute atomic E-state index is 10.8. The molecule has 2 nitrogen and oxygen atoms in total. The van der Waals surface area contributed by atoms with Crippen LogP contribution >= 0.6 is 0 Å². The first-order valence-corrected chi connectivity index (χ1v) is 5.64. The van der Waals surface area contributed by atoms with E-state index in [9.17, 15) is 4.79 Å². The van der Waals surface area contributed by atoms with Crippen LogP contribution in [0.1, 0.15) is 36.1 Å². The van der Waals surface area contributed by atoms with E-state index in [1.54, 1.807) is 0 Å². The van der Waals surface area contributed by atoms with Crippen LogP contribution in [-0.2, 0) is 16.0 Å². The van der Waals surface area contributed by atoms with E-state index in [2.05, 4.69) is 32.9 Å². The molecule has 0 aromatic heterocycles. The monoisotopic (exact) mass is 220 g/mol. The van der Waals surface area contributed by atoms with Gasteiger partial charge in [-0.05, 0) is 44.4 Å². The van der Waals surface area contributed by atoms with Gasteiger partial charge in [0.15, 0.2) is 0 Å². The van der Waals surface area contributed by atoms with Crippen molar-refractivity contribution in [1.29, 1.82) is 0 Å². The summed E-state index contributed by atoms with van der Waals surface area (Å²) >= 11 is 0. The zero-order chi connectivity index (χ0) is 12.3. The summed E-state index contributed by atoms with van der Waals surface area (Å²) in [6.45, 7) is 9.69. The highest BCUT2D eigenvalue weighted by Gasteiger charge is 2.11. The lowest BCUT2D eigenvalue weighted by molar-refractivity contribution is -0.145. The molecule has 88 valence electrons. The lowest BCUT2D eigenvalue weighted by Crippen LogP contribution is -2.16. The summed E-state index contributed by atoms with van der Waals surface area (Å²) in [5.41, 5.74) is 5.12. The van der Waals surface area contributed by atoms with Gasteiger partial charge in [0.25, 0.3) is 0 Å². The molecule has 1 unspecified atom stereocenters. The van der Waals surface area contributed by atoms with Gasteiger partial charge in [0.2, 0.25) is 0 Å². The van der Waals surface area contributed by atoms with Crippen LogP contribution in [0.3, 0.4) is 0 Å². The van der Waals surface area contributed by atoms with Crippen molar-refractivity contribution in [3.8, 4) is 0 Å². The maximum Gasteiger partial charge on any atom is 0.302 e. The van der Waals surface area contributed by atoms with Crippen LogP contribution in [0.2, 0.25) is 0 Å². The number of aryl methyl sites for hydroxylation is 3. The third-order valence-corrected chi connectivity index (χ3v) is 2.70. The summed E-state index contributed by atoms with van der Waals surface area (Å²) in [6, 6.07) is 4.34. The number of esters is 1. The Morgan fingerprint density at radius 2 is 1.75 bits per heavy atom. The zero-order valence-corrected chi connectivity index (χ0v) is 10.8. The minimum atomic E-state index is -0.213. The summed E-state index contributed by atoms with van der Waals surface area (Å²) in [7, 11) is 0. The average Bonchev–Trinajstić information content (AvgIpc) is 2.09. The molecule has 0 N–H and O–H groups in total. The molecule has 1 aromatic rings. The van der Waals surface area contributed by atoms with Crippen LogP contribution in [0.15, 0.2) is 12.1 Å². The van der Waals surface area contributed by atoms with E-state index < -0.39 is 0 Å². The van der Waals surface area contributed by atoms with Crippen molar-refractivity contribution in [3.05, 3.63) is 34.4 Å². The molecule has 0 bridgehead atoms. The van der Waals surface area contributed by atoms with Crippen LogP contribution in [0.4, 0.5) is 0 Å². The van der Waals surface area contributed by atoms with E-state index in [1.165, 1.54) is 29.2 Å². The Labute approximate surface area is 97.6 Å². The van der Waals surface area contributed by atoms with Crippen molar-refractivity contribution in [2.45, 2.75) is 47.1 Å². The van der Waals surface area contributed by atoms with Gasteiger partial charge in [-0.3, -0.25) is 4.79 Å². The molecule has 0 saturated carbocycles. The third-order valence-electron chi connectivity index (χ3n) is 2.70. The Bertz CT molecular complexity index is 371. The summed E-state index contributed by atoms with van der Waals surface area (Å²) in [6.07, 6.45) is 0.731. The predicted octanol–water partition coefficient (Wildman–Crippen LogP) is 3.11. The number of rotatable bonds is 3. The molecule has 0 aliphatic rings. The van der Waals surface area contributed by atoms with Crippen LogP contribution in [-0.4, -0.2) is 12.1 Å². The number of benzene rings is 1. The Hall–Kier alpha value is -1.31. The number of hydrogen-bond donors (Lipinski definition) is 0. The van der Waals surface area contributed by atoms with E-state index in [0.29, 0.717) is 0 Å².